The molecule has 96 valence electrons. The third-order valence-corrected chi connectivity index (χ3v) is 2.52. The van der Waals surface area contributed by atoms with Crippen LogP contribution >= 0.6 is 0 Å². The molecule has 5 heteroatoms. The van der Waals surface area contributed by atoms with E-state index >= 15 is 0 Å². The number of hydrogen-bond donors (Lipinski definition) is 2. The Bertz CT molecular complexity index is 200. The van der Waals surface area contributed by atoms with Crippen LogP contribution in [0.5, 0.6) is 0 Å². The number of hydrogen-bond acceptors (Lipinski definition) is 4. The summed E-state index contributed by atoms with van der Waals surface area (Å²) in [6.45, 7) is 3.18. The molecule has 5 nitrogen and oxygen atoms in total. The highest BCUT2D eigenvalue weighted by atomic mass is 16.5. The number of carbonyl (C=O) groups is 1. The van der Waals surface area contributed by atoms with Crippen LogP contribution in [-0.4, -0.2) is 55.9 Å². The Labute approximate surface area is 97.6 Å². The summed E-state index contributed by atoms with van der Waals surface area (Å²) in [5.74, 6) is 0.400. The first kappa shape index (κ1) is 15.3. The average molecular weight is 232 g/mol. The molecule has 0 heterocycles. The van der Waals surface area contributed by atoms with Crippen molar-refractivity contribution in [3.8, 4) is 0 Å². The zero-order chi connectivity index (χ0) is 12.6. The monoisotopic (exact) mass is 232 g/mol. The minimum atomic E-state index is -0.620. The van der Waals surface area contributed by atoms with Crippen LogP contribution in [0.2, 0.25) is 0 Å². The van der Waals surface area contributed by atoms with Gasteiger partial charge in [-0.15, -0.1) is 0 Å². The highest BCUT2D eigenvalue weighted by molar-refractivity contribution is 5.75. The highest BCUT2D eigenvalue weighted by Crippen LogP contribution is 2.05. The van der Waals surface area contributed by atoms with Crippen molar-refractivity contribution in [1.82, 2.24) is 4.90 Å². The number of methoxy groups -OCH3 is 1. The summed E-state index contributed by atoms with van der Waals surface area (Å²) in [4.78, 5) is 13.2. The first-order valence-corrected chi connectivity index (χ1v) is 5.62. The molecule has 2 unspecified atom stereocenters. The Hall–Kier alpha value is -0.650. The van der Waals surface area contributed by atoms with E-state index in [1.165, 1.54) is 12.0 Å². The number of carbonyl (C=O) groups excluding carboxylic acids is 1. The van der Waals surface area contributed by atoms with Gasteiger partial charge in [0.05, 0.1) is 12.7 Å². The highest BCUT2D eigenvalue weighted by Gasteiger charge is 2.14. The summed E-state index contributed by atoms with van der Waals surface area (Å²) in [7, 11) is 3.21. The van der Waals surface area contributed by atoms with Crippen LogP contribution in [0.15, 0.2) is 0 Å². The first-order valence-electron chi connectivity index (χ1n) is 5.62. The van der Waals surface area contributed by atoms with Crippen molar-refractivity contribution >= 4 is 5.91 Å². The second-order valence-corrected chi connectivity index (χ2v) is 4.26. The quantitative estimate of drug-likeness (QED) is 0.609. The SMILES string of the molecule is COCC(O)CN(C)C(=O)CCC(C)CN. The molecule has 1 amide bonds. The molecular weight excluding hydrogens is 208 g/mol. The molecule has 0 aromatic carbocycles. The van der Waals surface area contributed by atoms with Gasteiger partial charge in [-0.05, 0) is 18.9 Å². The number of nitrogens with zero attached hydrogens (tertiary/aromatic N) is 1. The van der Waals surface area contributed by atoms with Crippen LogP contribution in [0.1, 0.15) is 19.8 Å². The third-order valence-electron chi connectivity index (χ3n) is 2.52. The van der Waals surface area contributed by atoms with Gasteiger partial charge < -0.3 is 20.5 Å². The summed E-state index contributed by atoms with van der Waals surface area (Å²) in [5.41, 5.74) is 5.47. The molecule has 16 heavy (non-hydrogen) atoms. The molecule has 0 aliphatic carbocycles. The van der Waals surface area contributed by atoms with E-state index in [1.807, 2.05) is 6.92 Å². The van der Waals surface area contributed by atoms with Gasteiger partial charge in [0.1, 0.15) is 0 Å². The van der Waals surface area contributed by atoms with Crippen molar-refractivity contribution in [2.75, 3.05) is 33.9 Å². The van der Waals surface area contributed by atoms with Gasteiger partial charge in [0.2, 0.25) is 5.91 Å². The van der Waals surface area contributed by atoms with Crippen LogP contribution in [0, 0.1) is 5.92 Å². The Morgan fingerprint density at radius 2 is 2.19 bits per heavy atom. The van der Waals surface area contributed by atoms with Gasteiger partial charge >= 0.3 is 0 Å². The van der Waals surface area contributed by atoms with Crippen LogP contribution < -0.4 is 5.73 Å². The third kappa shape index (κ3) is 6.76. The zero-order valence-electron chi connectivity index (χ0n) is 10.5. The van der Waals surface area contributed by atoms with Crippen LogP contribution in [0.3, 0.4) is 0 Å². The van der Waals surface area contributed by atoms with Crippen molar-refractivity contribution in [3.63, 3.8) is 0 Å². The lowest BCUT2D eigenvalue weighted by Crippen LogP contribution is -2.36. The molecule has 2 atom stereocenters. The zero-order valence-corrected chi connectivity index (χ0v) is 10.5. The predicted octanol–water partition coefficient (Wildman–Crippen LogP) is -0.173. The van der Waals surface area contributed by atoms with Gasteiger partial charge in [-0.25, -0.2) is 0 Å². The molecule has 0 saturated heterocycles. The number of aliphatic hydroxyl groups is 1. The fraction of sp³-hybridized carbons (Fsp3) is 0.909. The predicted molar refractivity (Wildman–Crippen MR) is 63.0 cm³/mol. The topological polar surface area (TPSA) is 75.8 Å². The molecular formula is C11H24N2O3. The standard InChI is InChI=1S/C11H24N2O3/c1-9(6-12)4-5-11(15)13(2)7-10(14)8-16-3/h9-10,14H,4-8,12H2,1-3H3. The lowest BCUT2D eigenvalue weighted by Gasteiger charge is -2.21. The molecule has 0 rings (SSSR count). The average Bonchev–Trinajstić information content (AvgIpc) is 2.25. The Morgan fingerprint density at radius 1 is 1.56 bits per heavy atom. The first-order chi connectivity index (χ1) is 7.51. The van der Waals surface area contributed by atoms with E-state index in [-0.39, 0.29) is 12.5 Å². The molecule has 0 aliphatic heterocycles. The van der Waals surface area contributed by atoms with Crippen LogP contribution in [-0.2, 0) is 9.53 Å². The molecule has 0 saturated carbocycles. The van der Waals surface area contributed by atoms with Gasteiger partial charge in [0, 0.05) is 27.1 Å². The maximum atomic E-state index is 11.6. The van der Waals surface area contributed by atoms with E-state index in [4.69, 9.17) is 10.5 Å². The fourth-order valence-corrected chi connectivity index (χ4v) is 1.34. The Kier molecular flexibility index (Phi) is 8.15. The number of rotatable bonds is 8. The van der Waals surface area contributed by atoms with Gasteiger partial charge in [-0.2, -0.15) is 0 Å². The van der Waals surface area contributed by atoms with E-state index in [2.05, 4.69) is 0 Å². The summed E-state index contributed by atoms with van der Waals surface area (Å²) in [6.07, 6.45) is 0.653. The maximum absolute atomic E-state index is 11.6. The molecule has 0 radical (unpaired) electrons. The summed E-state index contributed by atoms with van der Waals surface area (Å²) in [6, 6.07) is 0. The Balaban J connectivity index is 3.81. The molecule has 0 aromatic heterocycles. The number of amides is 1. The number of likely N-dealkylation sites (N-methyl/N-ethyl adjacent to an activating group) is 1. The van der Waals surface area contributed by atoms with Crippen molar-refractivity contribution in [1.29, 1.82) is 0 Å². The maximum Gasteiger partial charge on any atom is 0.222 e. The van der Waals surface area contributed by atoms with Crippen molar-refractivity contribution < 1.29 is 14.6 Å². The van der Waals surface area contributed by atoms with E-state index in [0.717, 1.165) is 6.42 Å². The summed E-state index contributed by atoms with van der Waals surface area (Å²) >= 11 is 0. The molecule has 0 fully saturated rings. The molecule has 0 spiro atoms. The molecule has 0 aromatic rings. The number of aliphatic hydroxyl groups excluding tert-OH is 1. The van der Waals surface area contributed by atoms with E-state index in [0.29, 0.717) is 25.4 Å². The fourth-order valence-electron chi connectivity index (χ4n) is 1.34. The van der Waals surface area contributed by atoms with Gasteiger partial charge in [0.25, 0.3) is 0 Å². The lowest BCUT2D eigenvalue weighted by molar-refractivity contribution is -0.131. The number of ether oxygens (including phenoxy) is 1. The minimum Gasteiger partial charge on any atom is -0.389 e. The van der Waals surface area contributed by atoms with E-state index in [9.17, 15) is 9.90 Å². The van der Waals surface area contributed by atoms with Gasteiger partial charge in [-0.1, -0.05) is 6.92 Å². The smallest absolute Gasteiger partial charge is 0.222 e. The summed E-state index contributed by atoms with van der Waals surface area (Å²) < 4.78 is 4.80. The van der Waals surface area contributed by atoms with E-state index < -0.39 is 6.10 Å². The van der Waals surface area contributed by atoms with Gasteiger partial charge in [-0.3, -0.25) is 4.79 Å². The number of nitrogens with two attached hydrogens (primary N) is 1. The molecule has 3 N–H and O–H groups in total. The normalized spacial score (nSPS) is 14.6. The van der Waals surface area contributed by atoms with Crippen LogP contribution in [0.25, 0.3) is 0 Å². The van der Waals surface area contributed by atoms with Crippen molar-refractivity contribution in [3.05, 3.63) is 0 Å². The minimum absolute atomic E-state index is 0.0375. The van der Waals surface area contributed by atoms with Crippen LogP contribution in [0.4, 0.5) is 0 Å². The second-order valence-electron chi connectivity index (χ2n) is 4.26. The molecule has 0 aliphatic rings. The molecule has 0 bridgehead atoms. The summed E-state index contributed by atoms with van der Waals surface area (Å²) in [5, 5.41) is 9.45. The van der Waals surface area contributed by atoms with Gasteiger partial charge in [0.15, 0.2) is 0 Å². The Morgan fingerprint density at radius 3 is 2.69 bits per heavy atom. The van der Waals surface area contributed by atoms with Crippen molar-refractivity contribution in [2.24, 2.45) is 11.7 Å². The second kappa shape index (κ2) is 8.50. The van der Waals surface area contributed by atoms with Crippen molar-refractivity contribution in [2.45, 2.75) is 25.9 Å². The largest absolute Gasteiger partial charge is 0.389 e. The van der Waals surface area contributed by atoms with E-state index in [1.54, 1.807) is 7.05 Å². The lowest BCUT2D eigenvalue weighted by atomic mass is 10.1.